The topological polar surface area (TPSA) is 53.2 Å². The van der Waals surface area contributed by atoms with E-state index in [0.29, 0.717) is 16.1 Å². The second-order valence-corrected chi connectivity index (χ2v) is 8.23. The van der Waals surface area contributed by atoms with Crippen molar-refractivity contribution in [3.63, 3.8) is 0 Å². The fraction of sp³-hybridized carbons (Fsp3) is 0.154. The summed E-state index contributed by atoms with van der Waals surface area (Å²) in [5.74, 6) is -0.247. The standard InChI is InChI=1S/C26H23ClN2O2/c1-16-11-12-17(2)23(13-16)29(26(31)21-9-4-5-10-22(21)27)15-20-14-19-8-6-7-18(3)24(19)28-25(20)30/h4-14H,15H2,1-3H3,(H,28,30). The summed E-state index contributed by atoms with van der Waals surface area (Å²) in [6, 6.07) is 20.7. The van der Waals surface area contributed by atoms with Crippen LogP contribution in [0.3, 0.4) is 0 Å². The number of hydrogen-bond donors (Lipinski definition) is 1. The number of hydrogen-bond acceptors (Lipinski definition) is 2. The lowest BCUT2D eigenvalue weighted by molar-refractivity contribution is 0.0985. The number of aryl methyl sites for hydroxylation is 3. The lowest BCUT2D eigenvalue weighted by Crippen LogP contribution is -2.33. The Balaban J connectivity index is 1.86. The van der Waals surface area contributed by atoms with Gasteiger partial charge in [0.05, 0.1) is 22.6 Å². The predicted octanol–water partition coefficient (Wildman–Crippen LogP) is 5.95. The van der Waals surface area contributed by atoms with Gasteiger partial charge in [-0.05, 0) is 67.1 Å². The van der Waals surface area contributed by atoms with E-state index >= 15 is 0 Å². The second kappa shape index (κ2) is 8.40. The predicted molar refractivity (Wildman–Crippen MR) is 127 cm³/mol. The van der Waals surface area contributed by atoms with Gasteiger partial charge in [-0.3, -0.25) is 9.59 Å². The minimum atomic E-state index is -0.247. The Hall–Kier alpha value is -3.37. The molecule has 3 aromatic carbocycles. The molecule has 5 heteroatoms. The van der Waals surface area contributed by atoms with Crippen LogP contribution < -0.4 is 10.5 Å². The highest BCUT2D eigenvalue weighted by molar-refractivity contribution is 6.34. The molecule has 0 atom stereocenters. The maximum atomic E-state index is 13.6. The molecule has 1 amide bonds. The van der Waals surface area contributed by atoms with Crippen LogP contribution in [0.25, 0.3) is 10.9 Å². The van der Waals surface area contributed by atoms with Crippen molar-refractivity contribution in [2.45, 2.75) is 27.3 Å². The number of rotatable bonds is 4. The molecule has 0 unspecified atom stereocenters. The van der Waals surface area contributed by atoms with Crippen molar-refractivity contribution in [1.82, 2.24) is 4.98 Å². The van der Waals surface area contributed by atoms with E-state index in [-0.39, 0.29) is 18.0 Å². The minimum absolute atomic E-state index is 0.133. The van der Waals surface area contributed by atoms with Crippen LogP contribution in [-0.2, 0) is 6.54 Å². The zero-order valence-electron chi connectivity index (χ0n) is 17.7. The van der Waals surface area contributed by atoms with Gasteiger partial charge in [0.25, 0.3) is 11.5 Å². The number of nitrogens with one attached hydrogen (secondary N) is 1. The molecular formula is C26H23ClN2O2. The van der Waals surface area contributed by atoms with Gasteiger partial charge in [0.15, 0.2) is 0 Å². The number of pyridine rings is 1. The molecule has 156 valence electrons. The Morgan fingerprint density at radius 1 is 0.935 bits per heavy atom. The summed E-state index contributed by atoms with van der Waals surface area (Å²) in [4.78, 5) is 31.1. The average molecular weight is 431 g/mol. The second-order valence-electron chi connectivity index (χ2n) is 7.82. The van der Waals surface area contributed by atoms with E-state index in [4.69, 9.17) is 11.6 Å². The Bertz CT molecular complexity index is 1360. The van der Waals surface area contributed by atoms with Crippen LogP contribution in [0, 0.1) is 20.8 Å². The molecule has 0 fully saturated rings. The van der Waals surface area contributed by atoms with Crippen molar-refractivity contribution < 1.29 is 4.79 Å². The monoisotopic (exact) mass is 430 g/mol. The van der Waals surface area contributed by atoms with Crippen LogP contribution >= 0.6 is 11.6 Å². The van der Waals surface area contributed by atoms with Crippen molar-refractivity contribution in [3.05, 3.63) is 110 Å². The van der Waals surface area contributed by atoms with Gasteiger partial charge < -0.3 is 9.88 Å². The minimum Gasteiger partial charge on any atom is -0.321 e. The maximum Gasteiger partial charge on any atom is 0.260 e. The number of fused-ring (bicyclic) bond motifs is 1. The number of anilines is 1. The van der Waals surface area contributed by atoms with E-state index in [2.05, 4.69) is 4.98 Å². The molecule has 31 heavy (non-hydrogen) atoms. The van der Waals surface area contributed by atoms with Crippen LogP contribution in [0.4, 0.5) is 5.69 Å². The molecule has 0 aliphatic carbocycles. The van der Waals surface area contributed by atoms with E-state index in [9.17, 15) is 9.59 Å². The number of aromatic nitrogens is 1. The van der Waals surface area contributed by atoms with Crippen molar-refractivity contribution >= 4 is 34.1 Å². The number of aromatic amines is 1. The number of amides is 1. The van der Waals surface area contributed by atoms with Crippen LogP contribution in [-0.4, -0.2) is 10.9 Å². The van der Waals surface area contributed by atoms with Crippen molar-refractivity contribution in [3.8, 4) is 0 Å². The highest BCUT2D eigenvalue weighted by Crippen LogP contribution is 2.27. The number of para-hydroxylation sites is 1. The summed E-state index contributed by atoms with van der Waals surface area (Å²) in [5, 5.41) is 1.31. The Labute approximate surface area is 186 Å². The first kappa shape index (κ1) is 20.9. The number of halogens is 1. The van der Waals surface area contributed by atoms with E-state index in [1.165, 1.54) is 0 Å². The van der Waals surface area contributed by atoms with Gasteiger partial charge in [-0.1, -0.05) is 54.1 Å². The largest absolute Gasteiger partial charge is 0.321 e. The number of nitrogens with zero attached hydrogens (tertiary/aromatic N) is 1. The maximum absolute atomic E-state index is 13.6. The van der Waals surface area contributed by atoms with Crippen molar-refractivity contribution in [2.24, 2.45) is 0 Å². The summed E-state index contributed by atoms with van der Waals surface area (Å²) in [6.07, 6.45) is 0. The zero-order chi connectivity index (χ0) is 22.1. The molecule has 1 heterocycles. The van der Waals surface area contributed by atoms with Crippen LogP contribution in [0.5, 0.6) is 0 Å². The summed E-state index contributed by atoms with van der Waals surface area (Å²) >= 11 is 6.34. The van der Waals surface area contributed by atoms with Gasteiger partial charge in [0.1, 0.15) is 0 Å². The van der Waals surface area contributed by atoms with Gasteiger partial charge in [-0.25, -0.2) is 0 Å². The van der Waals surface area contributed by atoms with E-state index < -0.39 is 0 Å². The third kappa shape index (κ3) is 4.12. The molecule has 0 saturated heterocycles. The molecule has 0 radical (unpaired) electrons. The lowest BCUT2D eigenvalue weighted by Gasteiger charge is -2.25. The third-order valence-corrected chi connectivity index (χ3v) is 5.83. The Morgan fingerprint density at radius 3 is 2.48 bits per heavy atom. The first-order chi connectivity index (χ1) is 14.8. The molecule has 0 aliphatic rings. The third-order valence-electron chi connectivity index (χ3n) is 5.50. The molecule has 4 aromatic rings. The molecule has 0 spiro atoms. The first-order valence-electron chi connectivity index (χ1n) is 10.1. The number of carbonyl (C=O) groups is 1. The molecule has 0 saturated carbocycles. The average Bonchev–Trinajstić information content (AvgIpc) is 2.75. The molecule has 1 aromatic heterocycles. The molecule has 0 aliphatic heterocycles. The summed E-state index contributed by atoms with van der Waals surface area (Å²) in [7, 11) is 0. The van der Waals surface area contributed by atoms with Crippen molar-refractivity contribution in [2.75, 3.05) is 4.90 Å². The van der Waals surface area contributed by atoms with Gasteiger partial charge in [0, 0.05) is 11.3 Å². The molecule has 4 nitrogen and oxygen atoms in total. The highest BCUT2D eigenvalue weighted by atomic mass is 35.5. The van der Waals surface area contributed by atoms with Crippen LogP contribution in [0.2, 0.25) is 5.02 Å². The van der Waals surface area contributed by atoms with Crippen molar-refractivity contribution in [1.29, 1.82) is 0 Å². The van der Waals surface area contributed by atoms with Gasteiger partial charge >= 0.3 is 0 Å². The highest BCUT2D eigenvalue weighted by Gasteiger charge is 2.23. The van der Waals surface area contributed by atoms with E-state index in [1.807, 2.05) is 63.2 Å². The number of benzene rings is 3. The number of carbonyl (C=O) groups excluding carboxylic acids is 1. The quantitative estimate of drug-likeness (QED) is 0.434. The summed E-state index contributed by atoms with van der Waals surface area (Å²) in [6.45, 7) is 6.02. The molecule has 0 bridgehead atoms. The van der Waals surface area contributed by atoms with Gasteiger partial charge in [-0.15, -0.1) is 0 Å². The Kier molecular flexibility index (Phi) is 5.66. The zero-order valence-corrected chi connectivity index (χ0v) is 18.5. The van der Waals surface area contributed by atoms with Crippen LogP contribution in [0.15, 0.2) is 71.5 Å². The van der Waals surface area contributed by atoms with E-state index in [1.54, 1.807) is 29.2 Å². The SMILES string of the molecule is Cc1ccc(C)c(N(Cc2cc3cccc(C)c3[nH]c2=O)C(=O)c2ccccc2Cl)c1. The summed E-state index contributed by atoms with van der Waals surface area (Å²) < 4.78 is 0. The van der Waals surface area contributed by atoms with Crippen LogP contribution in [0.1, 0.15) is 32.6 Å². The summed E-state index contributed by atoms with van der Waals surface area (Å²) in [5.41, 5.74) is 5.25. The normalized spacial score (nSPS) is 11.0. The fourth-order valence-electron chi connectivity index (χ4n) is 3.77. The molecular weight excluding hydrogens is 408 g/mol. The lowest BCUT2D eigenvalue weighted by atomic mass is 10.1. The van der Waals surface area contributed by atoms with Gasteiger partial charge in [0.2, 0.25) is 0 Å². The number of H-pyrrole nitrogens is 1. The molecule has 4 rings (SSSR count). The van der Waals surface area contributed by atoms with Gasteiger partial charge in [-0.2, -0.15) is 0 Å². The fourth-order valence-corrected chi connectivity index (χ4v) is 3.99. The molecule has 1 N–H and O–H groups in total. The first-order valence-corrected chi connectivity index (χ1v) is 10.5. The van der Waals surface area contributed by atoms with E-state index in [0.717, 1.165) is 33.3 Å². The Morgan fingerprint density at radius 2 is 1.71 bits per heavy atom. The smallest absolute Gasteiger partial charge is 0.260 e.